The number of nitrogens with two attached hydrogens (primary N) is 1. The number of aryl methyl sites for hydroxylation is 2. The van der Waals surface area contributed by atoms with Crippen LogP contribution in [0.1, 0.15) is 5.56 Å². The Labute approximate surface area is 84.0 Å². The van der Waals surface area contributed by atoms with Gasteiger partial charge in [-0.3, -0.25) is 0 Å². The second kappa shape index (κ2) is 4.01. The maximum Gasteiger partial charge on any atom is 0.0316 e. The second-order valence-corrected chi connectivity index (χ2v) is 3.42. The molecule has 1 aromatic heterocycles. The Hall–Kier alpha value is -1.70. The Morgan fingerprint density at radius 2 is 1.86 bits per heavy atom. The van der Waals surface area contributed by atoms with Crippen LogP contribution in [0.25, 0.3) is 0 Å². The molecule has 0 aliphatic carbocycles. The molecule has 14 heavy (non-hydrogen) atoms. The summed E-state index contributed by atoms with van der Waals surface area (Å²) in [6, 6.07) is 12.1. The Kier molecular flexibility index (Phi) is 2.54. The van der Waals surface area contributed by atoms with Crippen molar-refractivity contribution in [2.24, 2.45) is 0 Å². The van der Waals surface area contributed by atoms with Crippen molar-refractivity contribution in [2.75, 3.05) is 5.73 Å². The van der Waals surface area contributed by atoms with E-state index in [1.54, 1.807) is 0 Å². The number of benzene rings is 1. The van der Waals surface area contributed by atoms with Crippen molar-refractivity contribution < 1.29 is 0 Å². The molecule has 0 unspecified atom stereocenters. The highest BCUT2D eigenvalue weighted by atomic mass is 14.9. The van der Waals surface area contributed by atoms with Crippen molar-refractivity contribution >= 4 is 5.69 Å². The van der Waals surface area contributed by atoms with E-state index in [1.807, 2.05) is 30.3 Å². The molecule has 72 valence electrons. The quantitative estimate of drug-likeness (QED) is 0.733. The molecule has 0 saturated heterocycles. The first-order chi connectivity index (χ1) is 6.84. The molecule has 2 heteroatoms. The third kappa shape index (κ3) is 2.16. The topological polar surface area (TPSA) is 30.9 Å². The predicted molar refractivity (Wildman–Crippen MR) is 59.0 cm³/mol. The minimum Gasteiger partial charge on any atom is -0.399 e. The van der Waals surface area contributed by atoms with Crippen LogP contribution in [-0.4, -0.2) is 4.57 Å². The van der Waals surface area contributed by atoms with Crippen molar-refractivity contribution in [1.29, 1.82) is 0 Å². The monoisotopic (exact) mass is 186 g/mol. The molecule has 1 heterocycles. The van der Waals surface area contributed by atoms with Crippen molar-refractivity contribution in [1.82, 2.24) is 4.57 Å². The standard InChI is InChI=1S/C12H14N2/c13-12-5-3-4-11(10-12)6-9-14-7-1-2-8-14/h1-5,7-8,10H,6,9,13H2. The van der Waals surface area contributed by atoms with E-state index in [9.17, 15) is 0 Å². The van der Waals surface area contributed by atoms with Gasteiger partial charge in [-0.15, -0.1) is 0 Å². The molecule has 0 aliphatic heterocycles. The zero-order valence-electron chi connectivity index (χ0n) is 8.06. The number of nitrogens with zero attached hydrogens (tertiary/aromatic N) is 1. The molecule has 2 rings (SSSR count). The van der Waals surface area contributed by atoms with Gasteiger partial charge < -0.3 is 10.3 Å². The first kappa shape index (κ1) is 8.88. The van der Waals surface area contributed by atoms with Gasteiger partial charge in [-0.25, -0.2) is 0 Å². The summed E-state index contributed by atoms with van der Waals surface area (Å²) in [5.74, 6) is 0. The normalized spacial score (nSPS) is 10.3. The van der Waals surface area contributed by atoms with Crippen molar-refractivity contribution in [3.05, 3.63) is 54.4 Å². The Balaban J connectivity index is 1.98. The van der Waals surface area contributed by atoms with Crippen molar-refractivity contribution in [3.63, 3.8) is 0 Å². The Morgan fingerprint density at radius 3 is 2.57 bits per heavy atom. The van der Waals surface area contributed by atoms with E-state index in [1.165, 1.54) is 5.56 Å². The molecule has 0 spiro atoms. The summed E-state index contributed by atoms with van der Waals surface area (Å²) >= 11 is 0. The van der Waals surface area contributed by atoms with Gasteiger partial charge in [-0.05, 0) is 36.2 Å². The summed E-state index contributed by atoms with van der Waals surface area (Å²) in [7, 11) is 0. The molecular formula is C12H14N2. The third-order valence-electron chi connectivity index (χ3n) is 2.28. The minimum absolute atomic E-state index is 0.843. The van der Waals surface area contributed by atoms with Gasteiger partial charge in [0.2, 0.25) is 0 Å². The smallest absolute Gasteiger partial charge is 0.0316 e. The highest BCUT2D eigenvalue weighted by Gasteiger charge is 1.94. The summed E-state index contributed by atoms with van der Waals surface area (Å²) in [6.45, 7) is 1.01. The fraction of sp³-hybridized carbons (Fsp3) is 0.167. The first-order valence-corrected chi connectivity index (χ1v) is 4.80. The molecule has 0 fully saturated rings. The minimum atomic E-state index is 0.843. The number of anilines is 1. The van der Waals surface area contributed by atoms with Crippen LogP contribution in [0.4, 0.5) is 5.69 Å². The first-order valence-electron chi connectivity index (χ1n) is 4.80. The summed E-state index contributed by atoms with van der Waals surface area (Å²) in [4.78, 5) is 0. The maximum absolute atomic E-state index is 5.70. The predicted octanol–water partition coefficient (Wildman–Crippen LogP) is 2.31. The number of rotatable bonds is 3. The highest BCUT2D eigenvalue weighted by molar-refractivity contribution is 5.40. The highest BCUT2D eigenvalue weighted by Crippen LogP contribution is 2.08. The molecule has 0 amide bonds. The number of hydrogen-bond donors (Lipinski definition) is 1. The fourth-order valence-electron chi connectivity index (χ4n) is 1.53. The maximum atomic E-state index is 5.70. The molecule has 2 nitrogen and oxygen atoms in total. The lowest BCUT2D eigenvalue weighted by Gasteiger charge is -2.03. The molecule has 2 aromatic rings. The summed E-state index contributed by atoms with van der Waals surface area (Å²) < 4.78 is 2.17. The van der Waals surface area contributed by atoms with Crippen LogP contribution in [-0.2, 0) is 13.0 Å². The number of nitrogen functional groups attached to an aromatic ring is 1. The van der Waals surface area contributed by atoms with Crippen LogP contribution in [0, 0.1) is 0 Å². The third-order valence-corrected chi connectivity index (χ3v) is 2.28. The Morgan fingerprint density at radius 1 is 1.07 bits per heavy atom. The van der Waals surface area contributed by atoms with Gasteiger partial charge in [0.15, 0.2) is 0 Å². The molecule has 0 atom stereocenters. The van der Waals surface area contributed by atoms with Crippen LogP contribution in [0.15, 0.2) is 48.8 Å². The summed E-state index contributed by atoms with van der Waals surface area (Å²) in [5.41, 5.74) is 7.83. The molecule has 0 aliphatic rings. The molecule has 0 saturated carbocycles. The van der Waals surface area contributed by atoms with Crippen molar-refractivity contribution in [2.45, 2.75) is 13.0 Å². The largest absolute Gasteiger partial charge is 0.399 e. The van der Waals surface area contributed by atoms with Gasteiger partial charge in [-0.2, -0.15) is 0 Å². The number of aromatic nitrogens is 1. The zero-order chi connectivity index (χ0) is 9.80. The van der Waals surface area contributed by atoms with Gasteiger partial charge in [0.1, 0.15) is 0 Å². The van der Waals surface area contributed by atoms with Gasteiger partial charge >= 0.3 is 0 Å². The summed E-state index contributed by atoms with van der Waals surface area (Å²) in [6.07, 6.45) is 5.18. The van der Waals surface area contributed by atoms with E-state index >= 15 is 0 Å². The fourth-order valence-corrected chi connectivity index (χ4v) is 1.53. The lowest BCUT2D eigenvalue weighted by atomic mass is 10.1. The van der Waals surface area contributed by atoms with E-state index in [0.717, 1.165) is 18.7 Å². The van der Waals surface area contributed by atoms with Gasteiger partial charge in [0.05, 0.1) is 0 Å². The van der Waals surface area contributed by atoms with Gasteiger partial charge in [0.25, 0.3) is 0 Å². The van der Waals surface area contributed by atoms with Crippen LogP contribution in [0.5, 0.6) is 0 Å². The lowest BCUT2D eigenvalue weighted by molar-refractivity contribution is 0.701. The number of hydrogen-bond acceptors (Lipinski definition) is 1. The average Bonchev–Trinajstić information content (AvgIpc) is 2.67. The molecule has 0 bridgehead atoms. The van der Waals surface area contributed by atoms with Crippen LogP contribution in [0.3, 0.4) is 0 Å². The van der Waals surface area contributed by atoms with Crippen LogP contribution < -0.4 is 5.73 Å². The Bertz CT molecular complexity index is 390. The van der Waals surface area contributed by atoms with E-state index in [2.05, 4.69) is 23.0 Å². The van der Waals surface area contributed by atoms with E-state index < -0.39 is 0 Å². The van der Waals surface area contributed by atoms with E-state index in [-0.39, 0.29) is 0 Å². The average molecular weight is 186 g/mol. The molecule has 1 aromatic carbocycles. The molecular weight excluding hydrogens is 172 g/mol. The molecule has 2 N–H and O–H groups in total. The van der Waals surface area contributed by atoms with Crippen LogP contribution in [0.2, 0.25) is 0 Å². The van der Waals surface area contributed by atoms with Crippen LogP contribution >= 0.6 is 0 Å². The van der Waals surface area contributed by atoms with E-state index in [4.69, 9.17) is 5.73 Å². The van der Waals surface area contributed by atoms with Gasteiger partial charge in [0, 0.05) is 24.6 Å². The zero-order valence-corrected chi connectivity index (χ0v) is 8.06. The molecule has 0 radical (unpaired) electrons. The second-order valence-electron chi connectivity index (χ2n) is 3.42. The van der Waals surface area contributed by atoms with Gasteiger partial charge in [-0.1, -0.05) is 12.1 Å². The summed E-state index contributed by atoms with van der Waals surface area (Å²) in [5, 5.41) is 0. The lowest BCUT2D eigenvalue weighted by Crippen LogP contribution is -1.98. The van der Waals surface area contributed by atoms with Crippen molar-refractivity contribution in [3.8, 4) is 0 Å². The SMILES string of the molecule is Nc1cccc(CCn2cccc2)c1. The van der Waals surface area contributed by atoms with E-state index in [0.29, 0.717) is 0 Å².